The standard InChI is InChI=1S/C12H18O3/c1-3-5-11(13)7-4-6-10-8-15-12(14)9(10)2/h3-8H2,1-2H3. The van der Waals surface area contributed by atoms with Gasteiger partial charge in [0.1, 0.15) is 12.4 Å². The SMILES string of the molecule is CCCC(=O)CCCC1=C(C)C(=O)OC1. The van der Waals surface area contributed by atoms with Gasteiger partial charge in [0.25, 0.3) is 0 Å². The number of cyclic esters (lactones) is 1. The first-order valence-corrected chi connectivity index (χ1v) is 5.52. The summed E-state index contributed by atoms with van der Waals surface area (Å²) in [5.41, 5.74) is 1.79. The van der Waals surface area contributed by atoms with Gasteiger partial charge in [-0.3, -0.25) is 4.79 Å². The molecule has 0 radical (unpaired) electrons. The lowest BCUT2D eigenvalue weighted by Crippen LogP contribution is -1.97. The van der Waals surface area contributed by atoms with Gasteiger partial charge in [0, 0.05) is 18.4 Å². The van der Waals surface area contributed by atoms with E-state index in [0.717, 1.165) is 30.4 Å². The second-order valence-electron chi connectivity index (χ2n) is 3.95. The van der Waals surface area contributed by atoms with Crippen molar-refractivity contribution in [3.63, 3.8) is 0 Å². The van der Waals surface area contributed by atoms with E-state index < -0.39 is 0 Å². The van der Waals surface area contributed by atoms with E-state index in [1.165, 1.54) is 0 Å². The van der Waals surface area contributed by atoms with Crippen molar-refractivity contribution in [3.05, 3.63) is 11.1 Å². The summed E-state index contributed by atoms with van der Waals surface area (Å²) in [5.74, 6) is 0.117. The molecule has 1 aliphatic heterocycles. The van der Waals surface area contributed by atoms with Crippen LogP contribution in [0.3, 0.4) is 0 Å². The Morgan fingerprint density at radius 1 is 1.40 bits per heavy atom. The molecule has 0 amide bonds. The Kier molecular flexibility index (Phi) is 4.53. The summed E-state index contributed by atoms with van der Waals surface area (Å²) in [5, 5.41) is 0. The number of esters is 1. The van der Waals surface area contributed by atoms with Crippen LogP contribution in [-0.4, -0.2) is 18.4 Å². The summed E-state index contributed by atoms with van der Waals surface area (Å²) in [6.07, 6.45) is 3.86. The molecule has 1 aliphatic rings. The number of rotatable bonds is 6. The van der Waals surface area contributed by atoms with Gasteiger partial charge < -0.3 is 4.74 Å². The summed E-state index contributed by atoms with van der Waals surface area (Å²) < 4.78 is 4.88. The average molecular weight is 210 g/mol. The van der Waals surface area contributed by atoms with E-state index >= 15 is 0 Å². The van der Waals surface area contributed by atoms with E-state index in [4.69, 9.17) is 4.74 Å². The predicted octanol–water partition coefficient (Wildman–Crippen LogP) is 2.40. The van der Waals surface area contributed by atoms with Gasteiger partial charge >= 0.3 is 5.97 Å². The molecular formula is C12H18O3. The molecule has 0 spiro atoms. The van der Waals surface area contributed by atoms with Gasteiger partial charge in [0.2, 0.25) is 0 Å². The second kappa shape index (κ2) is 5.69. The van der Waals surface area contributed by atoms with Crippen LogP contribution in [0.15, 0.2) is 11.1 Å². The molecule has 0 atom stereocenters. The summed E-state index contributed by atoms with van der Waals surface area (Å²) >= 11 is 0. The van der Waals surface area contributed by atoms with Crippen LogP contribution in [0.5, 0.6) is 0 Å². The topological polar surface area (TPSA) is 43.4 Å². The minimum Gasteiger partial charge on any atom is -0.458 e. The molecule has 84 valence electrons. The van der Waals surface area contributed by atoms with Crippen molar-refractivity contribution in [2.75, 3.05) is 6.61 Å². The first-order valence-electron chi connectivity index (χ1n) is 5.52. The molecule has 0 fully saturated rings. The molecule has 0 saturated heterocycles. The molecule has 0 aliphatic carbocycles. The molecule has 3 nitrogen and oxygen atoms in total. The smallest absolute Gasteiger partial charge is 0.334 e. The number of carbonyl (C=O) groups is 2. The van der Waals surface area contributed by atoms with Crippen molar-refractivity contribution < 1.29 is 14.3 Å². The average Bonchev–Trinajstić information content (AvgIpc) is 2.50. The van der Waals surface area contributed by atoms with Gasteiger partial charge in [-0.2, -0.15) is 0 Å². The van der Waals surface area contributed by atoms with E-state index in [1.807, 2.05) is 6.92 Å². The number of Topliss-reactive ketones (excluding diaryl/α,β-unsaturated/α-hetero) is 1. The van der Waals surface area contributed by atoms with Gasteiger partial charge in [-0.05, 0) is 31.8 Å². The van der Waals surface area contributed by atoms with Gasteiger partial charge in [-0.25, -0.2) is 4.79 Å². The highest BCUT2D eigenvalue weighted by atomic mass is 16.5. The Morgan fingerprint density at radius 3 is 2.67 bits per heavy atom. The molecule has 0 N–H and O–H groups in total. The van der Waals surface area contributed by atoms with Gasteiger partial charge in [0.05, 0.1) is 0 Å². The molecule has 0 aromatic heterocycles. The van der Waals surface area contributed by atoms with Crippen LogP contribution in [0.1, 0.15) is 46.0 Å². The predicted molar refractivity (Wildman–Crippen MR) is 57.4 cm³/mol. The normalized spacial score (nSPS) is 15.7. The quantitative estimate of drug-likeness (QED) is 0.632. The Morgan fingerprint density at radius 2 is 2.13 bits per heavy atom. The summed E-state index contributed by atoms with van der Waals surface area (Å²) in [4.78, 5) is 22.3. The highest BCUT2D eigenvalue weighted by Gasteiger charge is 2.19. The molecule has 15 heavy (non-hydrogen) atoms. The number of hydrogen-bond donors (Lipinski definition) is 0. The lowest BCUT2D eigenvalue weighted by atomic mass is 10.0. The van der Waals surface area contributed by atoms with Gasteiger partial charge in [0.15, 0.2) is 0 Å². The molecule has 0 saturated carbocycles. The molecule has 0 aromatic carbocycles. The zero-order valence-electron chi connectivity index (χ0n) is 9.47. The maximum atomic E-state index is 11.2. The fraction of sp³-hybridized carbons (Fsp3) is 0.667. The van der Waals surface area contributed by atoms with Crippen molar-refractivity contribution in [2.45, 2.75) is 46.0 Å². The molecule has 3 heteroatoms. The van der Waals surface area contributed by atoms with Crippen LogP contribution < -0.4 is 0 Å². The van der Waals surface area contributed by atoms with Crippen LogP contribution in [0.2, 0.25) is 0 Å². The molecule has 1 heterocycles. The van der Waals surface area contributed by atoms with Crippen LogP contribution >= 0.6 is 0 Å². The molecule has 0 unspecified atom stereocenters. The number of ketones is 1. The maximum Gasteiger partial charge on any atom is 0.334 e. The third-order valence-corrected chi connectivity index (χ3v) is 2.68. The molecule has 1 rings (SSSR count). The van der Waals surface area contributed by atoms with Crippen LogP contribution in [0, 0.1) is 0 Å². The zero-order chi connectivity index (χ0) is 11.3. The van der Waals surface area contributed by atoms with Crippen LogP contribution in [0.25, 0.3) is 0 Å². The third-order valence-electron chi connectivity index (χ3n) is 2.68. The number of carbonyl (C=O) groups excluding carboxylic acids is 2. The fourth-order valence-corrected chi connectivity index (χ4v) is 1.68. The first kappa shape index (κ1) is 12.0. The Hall–Kier alpha value is -1.12. The van der Waals surface area contributed by atoms with E-state index in [2.05, 4.69) is 0 Å². The van der Waals surface area contributed by atoms with Crippen molar-refractivity contribution in [2.24, 2.45) is 0 Å². The monoisotopic (exact) mass is 210 g/mol. The summed E-state index contributed by atoms with van der Waals surface area (Å²) in [6.45, 7) is 4.22. The third kappa shape index (κ3) is 3.50. The lowest BCUT2D eigenvalue weighted by molar-refractivity contribution is -0.136. The maximum absolute atomic E-state index is 11.2. The van der Waals surface area contributed by atoms with Gasteiger partial charge in [-0.15, -0.1) is 0 Å². The molecular weight excluding hydrogens is 192 g/mol. The molecule has 0 bridgehead atoms. The van der Waals surface area contributed by atoms with Crippen molar-refractivity contribution in [1.82, 2.24) is 0 Å². The highest BCUT2D eigenvalue weighted by molar-refractivity contribution is 5.91. The summed E-state index contributed by atoms with van der Waals surface area (Å²) in [7, 11) is 0. The number of hydrogen-bond acceptors (Lipinski definition) is 3. The van der Waals surface area contributed by atoms with Crippen molar-refractivity contribution in [3.8, 4) is 0 Å². The number of ether oxygens (including phenoxy) is 1. The van der Waals surface area contributed by atoms with Crippen molar-refractivity contribution in [1.29, 1.82) is 0 Å². The Balaban J connectivity index is 2.26. The first-order chi connectivity index (χ1) is 7.15. The molecule has 0 aromatic rings. The Labute approximate surface area is 90.5 Å². The van der Waals surface area contributed by atoms with E-state index in [9.17, 15) is 9.59 Å². The van der Waals surface area contributed by atoms with Crippen molar-refractivity contribution >= 4 is 11.8 Å². The Bertz CT molecular complexity index is 289. The lowest BCUT2D eigenvalue weighted by Gasteiger charge is -2.00. The van der Waals surface area contributed by atoms with Crippen LogP contribution in [-0.2, 0) is 14.3 Å². The second-order valence-corrected chi connectivity index (χ2v) is 3.95. The van der Waals surface area contributed by atoms with E-state index in [0.29, 0.717) is 25.2 Å². The highest BCUT2D eigenvalue weighted by Crippen LogP contribution is 2.20. The minimum absolute atomic E-state index is 0.204. The fourth-order valence-electron chi connectivity index (χ4n) is 1.68. The van der Waals surface area contributed by atoms with E-state index in [1.54, 1.807) is 6.92 Å². The van der Waals surface area contributed by atoms with Gasteiger partial charge in [-0.1, -0.05) is 6.92 Å². The largest absolute Gasteiger partial charge is 0.458 e. The zero-order valence-corrected chi connectivity index (χ0v) is 9.47. The minimum atomic E-state index is -0.204. The van der Waals surface area contributed by atoms with Crippen LogP contribution in [0.4, 0.5) is 0 Å². The van der Waals surface area contributed by atoms with E-state index in [-0.39, 0.29) is 5.97 Å². The summed E-state index contributed by atoms with van der Waals surface area (Å²) in [6, 6.07) is 0.